The van der Waals surface area contributed by atoms with Crippen molar-refractivity contribution in [3.63, 3.8) is 0 Å². The van der Waals surface area contributed by atoms with Crippen LogP contribution in [0.25, 0.3) is 0 Å². The molecule has 1 heteroatoms. The van der Waals surface area contributed by atoms with E-state index in [-0.39, 0.29) is 11.5 Å². The van der Waals surface area contributed by atoms with Crippen molar-refractivity contribution < 1.29 is 5.11 Å². The number of aliphatic hydroxyl groups excluding tert-OH is 1. The molecule has 1 N–H and O–H groups in total. The molecule has 5 atom stereocenters. The molecule has 0 heterocycles. The van der Waals surface area contributed by atoms with Gasteiger partial charge in [-0.3, -0.25) is 0 Å². The second kappa shape index (κ2) is 7.66. The molecule has 0 saturated heterocycles. The largest absolute Gasteiger partial charge is 0.393 e. The number of hydrogen-bond acceptors (Lipinski definition) is 1. The summed E-state index contributed by atoms with van der Waals surface area (Å²) in [5.41, 5.74) is 4.01. The van der Waals surface area contributed by atoms with Crippen molar-refractivity contribution in [2.75, 3.05) is 0 Å². The van der Waals surface area contributed by atoms with Crippen molar-refractivity contribution in [3.8, 4) is 0 Å². The van der Waals surface area contributed by atoms with Gasteiger partial charge in [0, 0.05) is 0 Å². The zero-order chi connectivity index (χ0) is 18.9. The molecule has 3 aliphatic carbocycles. The Morgan fingerprint density at radius 2 is 1.73 bits per heavy atom. The first-order chi connectivity index (χ1) is 12.3. The lowest BCUT2D eigenvalue weighted by Crippen LogP contribution is -2.43. The highest BCUT2D eigenvalue weighted by Gasteiger charge is 2.54. The Kier molecular flexibility index (Phi) is 5.87. The van der Waals surface area contributed by atoms with Crippen LogP contribution >= 0.6 is 0 Å². The summed E-state index contributed by atoms with van der Waals surface area (Å²) >= 11 is 0. The fraction of sp³-hybridized carbons (Fsp3) is 0.760. The smallest absolute Gasteiger partial charge is 0.0596 e. The number of hydrogen-bond donors (Lipinski definition) is 1. The summed E-state index contributed by atoms with van der Waals surface area (Å²) in [4.78, 5) is 0. The van der Waals surface area contributed by atoms with Crippen LogP contribution in [0.5, 0.6) is 0 Å². The number of fused-ring (bicyclic) bond motifs is 5. The van der Waals surface area contributed by atoms with Gasteiger partial charge in [0.1, 0.15) is 0 Å². The van der Waals surface area contributed by atoms with Crippen molar-refractivity contribution in [2.24, 2.45) is 22.7 Å². The van der Waals surface area contributed by atoms with E-state index in [1.165, 1.54) is 44.9 Å². The lowest BCUT2D eigenvalue weighted by molar-refractivity contribution is -0.0226. The van der Waals surface area contributed by atoms with Crippen molar-refractivity contribution in [1.29, 1.82) is 0 Å². The molecule has 0 radical (unpaired) electrons. The van der Waals surface area contributed by atoms with E-state index in [0.29, 0.717) is 5.41 Å². The molecule has 4 rings (SSSR count). The Balaban J connectivity index is 0.000000242. The highest BCUT2D eigenvalue weighted by Crippen LogP contribution is 2.60. The van der Waals surface area contributed by atoms with Crippen LogP contribution < -0.4 is 0 Å². The molecular weight excluding hydrogens is 316 g/mol. The monoisotopic (exact) mass is 356 g/mol. The predicted octanol–water partition coefficient (Wildman–Crippen LogP) is 6.74. The van der Waals surface area contributed by atoms with E-state index in [1.54, 1.807) is 11.1 Å². The molecule has 3 aliphatic rings. The Morgan fingerprint density at radius 1 is 1.04 bits per heavy atom. The normalized spacial score (nSPS) is 35.6. The second-order valence-corrected chi connectivity index (χ2v) is 10.1. The molecule has 5 unspecified atom stereocenters. The van der Waals surface area contributed by atoms with Crippen LogP contribution in [0.1, 0.15) is 96.6 Å². The Labute approximate surface area is 161 Å². The molecule has 0 spiro atoms. The summed E-state index contributed by atoms with van der Waals surface area (Å²) in [5, 5.41) is 10.4. The van der Waals surface area contributed by atoms with Crippen LogP contribution in [0.3, 0.4) is 0 Å². The number of aliphatic hydroxyl groups is 1. The van der Waals surface area contributed by atoms with Gasteiger partial charge in [0.05, 0.1) is 6.10 Å². The van der Waals surface area contributed by atoms with Gasteiger partial charge in [-0.05, 0) is 78.2 Å². The summed E-state index contributed by atoms with van der Waals surface area (Å²) in [7, 11) is 0. The molecule has 2 fully saturated rings. The van der Waals surface area contributed by atoms with Gasteiger partial charge in [0.25, 0.3) is 0 Å². The predicted molar refractivity (Wildman–Crippen MR) is 111 cm³/mol. The molecule has 0 aromatic heterocycles. The summed E-state index contributed by atoms with van der Waals surface area (Å²) < 4.78 is 0. The van der Waals surface area contributed by atoms with Crippen molar-refractivity contribution >= 4 is 0 Å². The van der Waals surface area contributed by atoms with Crippen LogP contribution in [0.2, 0.25) is 0 Å². The number of benzene rings is 1. The third kappa shape index (κ3) is 3.61. The second-order valence-electron chi connectivity index (χ2n) is 10.1. The molecule has 1 aromatic carbocycles. The minimum Gasteiger partial charge on any atom is -0.393 e. The van der Waals surface area contributed by atoms with E-state index < -0.39 is 0 Å². The minimum absolute atomic E-state index is 0.0457. The van der Waals surface area contributed by atoms with Crippen LogP contribution in [0, 0.1) is 22.7 Å². The first-order valence-electron chi connectivity index (χ1n) is 11.1. The number of rotatable bonds is 2. The zero-order valence-electron chi connectivity index (χ0n) is 17.7. The van der Waals surface area contributed by atoms with Crippen molar-refractivity contribution in [3.05, 3.63) is 35.4 Å². The average molecular weight is 357 g/mol. The lowest BCUT2D eigenvalue weighted by Gasteiger charge is -2.50. The molecule has 146 valence electrons. The van der Waals surface area contributed by atoms with Gasteiger partial charge >= 0.3 is 0 Å². The quantitative estimate of drug-likeness (QED) is 0.622. The van der Waals surface area contributed by atoms with Crippen LogP contribution in [-0.4, -0.2) is 11.2 Å². The summed E-state index contributed by atoms with van der Waals surface area (Å²) in [6, 6.07) is 9.08. The molecule has 1 aromatic rings. The Bertz CT molecular complexity index is 598. The maximum Gasteiger partial charge on any atom is 0.0596 e. The fourth-order valence-corrected chi connectivity index (χ4v) is 5.74. The van der Waals surface area contributed by atoms with Gasteiger partial charge in [0.2, 0.25) is 0 Å². The number of aryl methyl sites for hydroxylation is 1. The first kappa shape index (κ1) is 19.9. The molecule has 26 heavy (non-hydrogen) atoms. The third-order valence-corrected chi connectivity index (χ3v) is 8.50. The van der Waals surface area contributed by atoms with E-state index in [9.17, 15) is 5.11 Å². The van der Waals surface area contributed by atoms with Gasteiger partial charge in [-0.2, -0.15) is 0 Å². The zero-order valence-corrected chi connectivity index (χ0v) is 17.7. The van der Waals surface area contributed by atoms with Crippen LogP contribution in [0.15, 0.2) is 24.3 Å². The SMILES string of the molecule is CC12CCC3c4ccccc4CCC3C1CCC2O.CCC(C)(C)CC. The Morgan fingerprint density at radius 3 is 2.38 bits per heavy atom. The van der Waals surface area contributed by atoms with Gasteiger partial charge < -0.3 is 5.11 Å². The average Bonchev–Trinajstić information content (AvgIpc) is 2.97. The van der Waals surface area contributed by atoms with Gasteiger partial charge in [-0.15, -0.1) is 0 Å². The van der Waals surface area contributed by atoms with Crippen LogP contribution in [0.4, 0.5) is 0 Å². The molecule has 0 aliphatic heterocycles. The highest BCUT2D eigenvalue weighted by atomic mass is 16.3. The van der Waals surface area contributed by atoms with Crippen LogP contribution in [-0.2, 0) is 6.42 Å². The maximum absolute atomic E-state index is 10.4. The Hall–Kier alpha value is -0.820. The summed E-state index contributed by atoms with van der Waals surface area (Å²) in [6.07, 6.45) is 9.92. The standard InChI is InChI=1S/C18H24O.C7H16/c1-18-11-10-14-13-5-3-2-4-12(13)6-7-15(14)16(18)8-9-17(18)19;1-5-7(3,4)6-2/h2-5,14-17,19H,6-11H2,1H3;5-6H2,1-4H3. The fourth-order valence-electron chi connectivity index (χ4n) is 5.74. The maximum atomic E-state index is 10.4. The van der Waals surface area contributed by atoms with Crippen molar-refractivity contribution in [2.45, 2.75) is 98.0 Å². The first-order valence-corrected chi connectivity index (χ1v) is 11.1. The summed E-state index contributed by atoms with van der Waals surface area (Å²) in [6.45, 7) is 11.4. The lowest BCUT2D eigenvalue weighted by atomic mass is 9.55. The third-order valence-electron chi connectivity index (χ3n) is 8.50. The molecule has 2 saturated carbocycles. The summed E-state index contributed by atoms with van der Waals surface area (Å²) in [5.74, 6) is 2.36. The van der Waals surface area contributed by atoms with Crippen molar-refractivity contribution in [1.82, 2.24) is 0 Å². The minimum atomic E-state index is -0.0457. The molecule has 0 bridgehead atoms. The topological polar surface area (TPSA) is 20.2 Å². The van der Waals surface area contributed by atoms with E-state index in [4.69, 9.17) is 0 Å². The van der Waals surface area contributed by atoms with Gasteiger partial charge in [-0.1, -0.05) is 71.7 Å². The highest BCUT2D eigenvalue weighted by molar-refractivity contribution is 5.34. The van der Waals surface area contributed by atoms with Gasteiger partial charge in [-0.25, -0.2) is 0 Å². The van der Waals surface area contributed by atoms with E-state index in [1.807, 2.05) is 0 Å². The van der Waals surface area contributed by atoms with E-state index >= 15 is 0 Å². The molecular formula is C25H40O. The molecule has 1 nitrogen and oxygen atoms in total. The van der Waals surface area contributed by atoms with E-state index in [0.717, 1.165) is 24.2 Å². The van der Waals surface area contributed by atoms with Gasteiger partial charge in [0.15, 0.2) is 0 Å². The van der Waals surface area contributed by atoms with E-state index in [2.05, 4.69) is 58.9 Å². The molecule has 0 amide bonds.